The van der Waals surface area contributed by atoms with Crippen LogP contribution in [-0.4, -0.2) is 11.7 Å². The van der Waals surface area contributed by atoms with Crippen molar-refractivity contribution in [2.24, 2.45) is 5.92 Å². The highest BCUT2D eigenvalue weighted by atomic mass is 16.9. The quantitative estimate of drug-likeness (QED) is 0.291. The number of rotatable bonds is 12. The van der Waals surface area contributed by atoms with E-state index >= 15 is 0 Å². The summed E-state index contributed by atoms with van der Waals surface area (Å²) in [5.41, 5.74) is 0. The molecule has 0 unspecified atom stereocenters. The highest BCUT2D eigenvalue weighted by Crippen LogP contribution is 2.20. The van der Waals surface area contributed by atoms with Gasteiger partial charge in [0.15, 0.2) is 0 Å². The Labute approximate surface area is 105 Å². The molecule has 17 heavy (non-hydrogen) atoms. The lowest BCUT2D eigenvalue weighted by Gasteiger charge is -2.14. The summed E-state index contributed by atoms with van der Waals surface area (Å²) in [5.74, 6) is 0.889. The van der Waals surface area contributed by atoms with Crippen molar-refractivity contribution in [2.75, 3.05) is 6.61 Å². The minimum absolute atomic E-state index is 0.250. The van der Waals surface area contributed by atoms with Gasteiger partial charge in [0.25, 0.3) is 5.09 Å². The summed E-state index contributed by atoms with van der Waals surface area (Å²) in [6.07, 6.45) is 10.8. The van der Waals surface area contributed by atoms with Crippen molar-refractivity contribution in [3.8, 4) is 0 Å². The van der Waals surface area contributed by atoms with Gasteiger partial charge in [-0.05, 0) is 12.3 Å². The summed E-state index contributed by atoms with van der Waals surface area (Å²) in [7, 11) is 0. The molecular weight excluding hydrogens is 218 g/mol. The monoisotopic (exact) mass is 245 g/mol. The number of hydrogen-bond acceptors (Lipinski definition) is 3. The van der Waals surface area contributed by atoms with Gasteiger partial charge >= 0.3 is 0 Å². The van der Waals surface area contributed by atoms with Crippen LogP contribution in [0.15, 0.2) is 0 Å². The lowest BCUT2D eigenvalue weighted by Crippen LogP contribution is -2.02. The van der Waals surface area contributed by atoms with Crippen molar-refractivity contribution in [3.63, 3.8) is 0 Å². The third-order valence-corrected chi connectivity index (χ3v) is 3.10. The number of hydrogen-bond donors (Lipinski definition) is 0. The van der Waals surface area contributed by atoms with Gasteiger partial charge in [0.1, 0.15) is 0 Å². The van der Waals surface area contributed by atoms with Crippen LogP contribution in [0.1, 0.15) is 71.6 Å². The van der Waals surface area contributed by atoms with Crippen LogP contribution >= 0.6 is 0 Å². The molecule has 0 N–H and O–H groups in total. The first-order valence-corrected chi connectivity index (χ1v) is 6.98. The molecule has 0 amide bonds. The average Bonchev–Trinajstić information content (AvgIpc) is 2.28. The molecule has 4 nitrogen and oxygen atoms in total. The Hall–Kier alpha value is -0.800. The Balaban J connectivity index is 3.32. The zero-order chi connectivity index (χ0) is 12.9. The van der Waals surface area contributed by atoms with Gasteiger partial charge in [-0.3, -0.25) is 0 Å². The van der Waals surface area contributed by atoms with E-state index in [4.69, 9.17) is 0 Å². The summed E-state index contributed by atoms with van der Waals surface area (Å²) in [6.45, 7) is 4.75. The average molecular weight is 245 g/mol. The minimum Gasteiger partial charge on any atom is -0.314 e. The molecule has 0 bridgehead atoms. The molecule has 0 aromatic carbocycles. The van der Waals surface area contributed by atoms with E-state index in [1.54, 1.807) is 0 Å². The van der Waals surface area contributed by atoms with Gasteiger partial charge in [0, 0.05) is 0 Å². The van der Waals surface area contributed by atoms with Gasteiger partial charge in [-0.1, -0.05) is 65.2 Å². The molecule has 0 aliphatic carbocycles. The maximum Gasteiger partial charge on any atom is 0.294 e. The molecule has 0 radical (unpaired) electrons. The van der Waals surface area contributed by atoms with Gasteiger partial charge in [0.2, 0.25) is 0 Å². The SMILES string of the molecule is CCCC(CCC)CCCCCCO[N+](=O)[O-]. The molecule has 0 fully saturated rings. The second kappa shape index (κ2) is 11.7. The van der Waals surface area contributed by atoms with Crippen LogP contribution in [0.5, 0.6) is 0 Å². The molecule has 0 atom stereocenters. The number of nitrogens with zero attached hydrogens (tertiary/aromatic N) is 1. The van der Waals surface area contributed by atoms with Gasteiger partial charge < -0.3 is 4.84 Å². The van der Waals surface area contributed by atoms with Crippen LogP contribution in [0, 0.1) is 16.0 Å². The van der Waals surface area contributed by atoms with E-state index < -0.39 is 5.09 Å². The minimum atomic E-state index is -0.710. The van der Waals surface area contributed by atoms with E-state index in [1.807, 2.05) is 0 Å². The molecular formula is C13H27NO3. The molecule has 102 valence electrons. The second-order valence-electron chi connectivity index (χ2n) is 4.70. The van der Waals surface area contributed by atoms with E-state index in [1.165, 1.54) is 44.9 Å². The molecule has 0 aromatic heterocycles. The van der Waals surface area contributed by atoms with Crippen molar-refractivity contribution in [1.82, 2.24) is 0 Å². The van der Waals surface area contributed by atoms with E-state index in [9.17, 15) is 10.1 Å². The van der Waals surface area contributed by atoms with Crippen LogP contribution in [0.3, 0.4) is 0 Å². The summed E-state index contributed by atoms with van der Waals surface area (Å²) < 4.78 is 0. The fraction of sp³-hybridized carbons (Fsp3) is 1.00. The van der Waals surface area contributed by atoms with Crippen molar-refractivity contribution in [3.05, 3.63) is 10.1 Å². The largest absolute Gasteiger partial charge is 0.314 e. The summed E-state index contributed by atoms with van der Waals surface area (Å²) in [5, 5.41) is 9.19. The normalized spacial score (nSPS) is 10.8. The first-order valence-electron chi connectivity index (χ1n) is 6.98. The van der Waals surface area contributed by atoms with E-state index in [0.29, 0.717) is 0 Å². The maximum atomic E-state index is 9.90. The highest BCUT2D eigenvalue weighted by Gasteiger charge is 2.05. The predicted octanol–water partition coefficient (Wildman–Crippen LogP) is 4.36. The molecule has 4 heteroatoms. The Morgan fingerprint density at radius 1 is 1.00 bits per heavy atom. The van der Waals surface area contributed by atoms with E-state index in [0.717, 1.165) is 18.8 Å². The molecule has 0 spiro atoms. The predicted molar refractivity (Wildman–Crippen MR) is 69.3 cm³/mol. The van der Waals surface area contributed by atoms with Crippen LogP contribution in [0.4, 0.5) is 0 Å². The second-order valence-corrected chi connectivity index (χ2v) is 4.70. The molecule has 0 rings (SSSR count). The van der Waals surface area contributed by atoms with E-state index in [-0.39, 0.29) is 6.61 Å². The Bertz CT molecular complexity index is 180. The van der Waals surface area contributed by atoms with E-state index in [2.05, 4.69) is 18.7 Å². The molecule has 0 aromatic rings. The fourth-order valence-corrected chi connectivity index (χ4v) is 2.28. The van der Waals surface area contributed by atoms with Gasteiger partial charge in [0.05, 0.1) is 6.61 Å². The lowest BCUT2D eigenvalue weighted by molar-refractivity contribution is -0.757. The molecule has 0 saturated carbocycles. The van der Waals surface area contributed by atoms with Gasteiger partial charge in [-0.25, -0.2) is 0 Å². The first-order chi connectivity index (χ1) is 8.20. The van der Waals surface area contributed by atoms with Crippen molar-refractivity contribution in [1.29, 1.82) is 0 Å². The lowest BCUT2D eigenvalue weighted by atomic mass is 9.92. The third kappa shape index (κ3) is 11.5. The smallest absolute Gasteiger partial charge is 0.294 e. The summed E-state index contributed by atoms with van der Waals surface area (Å²) in [4.78, 5) is 14.2. The summed E-state index contributed by atoms with van der Waals surface area (Å²) in [6, 6.07) is 0. The molecule has 0 aliphatic rings. The first kappa shape index (κ1) is 16.2. The molecule has 0 saturated heterocycles. The maximum absolute atomic E-state index is 9.90. The number of unbranched alkanes of at least 4 members (excludes halogenated alkanes) is 3. The van der Waals surface area contributed by atoms with Crippen LogP contribution < -0.4 is 0 Å². The Morgan fingerprint density at radius 3 is 2.12 bits per heavy atom. The van der Waals surface area contributed by atoms with Crippen LogP contribution in [0.25, 0.3) is 0 Å². The van der Waals surface area contributed by atoms with Crippen LogP contribution in [0.2, 0.25) is 0 Å². The standard InChI is InChI=1S/C13H27NO3/c1-3-9-13(10-4-2)11-7-5-6-8-12-17-14(15)16/h13H,3-12H2,1-2H3. The molecule has 0 aliphatic heterocycles. The summed E-state index contributed by atoms with van der Waals surface area (Å²) >= 11 is 0. The van der Waals surface area contributed by atoms with Crippen molar-refractivity contribution < 1.29 is 9.92 Å². The zero-order valence-corrected chi connectivity index (χ0v) is 11.3. The zero-order valence-electron chi connectivity index (χ0n) is 11.3. The Morgan fingerprint density at radius 2 is 1.59 bits per heavy atom. The molecule has 0 heterocycles. The van der Waals surface area contributed by atoms with Crippen LogP contribution in [-0.2, 0) is 4.84 Å². The van der Waals surface area contributed by atoms with Crippen molar-refractivity contribution >= 4 is 0 Å². The highest BCUT2D eigenvalue weighted by molar-refractivity contribution is 4.58. The third-order valence-electron chi connectivity index (χ3n) is 3.10. The Kier molecular flexibility index (Phi) is 11.1. The van der Waals surface area contributed by atoms with Crippen molar-refractivity contribution in [2.45, 2.75) is 71.6 Å². The van der Waals surface area contributed by atoms with Gasteiger partial charge in [-0.2, -0.15) is 0 Å². The topological polar surface area (TPSA) is 52.4 Å². The van der Waals surface area contributed by atoms with Gasteiger partial charge in [-0.15, -0.1) is 10.1 Å². The fourth-order valence-electron chi connectivity index (χ4n) is 2.28.